The Morgan fingerprint density at radius 2 is 2.00 bits per heavy atom. The number of thioether (sulfide) groups is 1. The van der Waals surface area contributed by atoms with E-state index in [0.29, 0.717) is 12.4 Å². The maximum Gasteiger partial charge on any atom is 0.293 e. The largest absolute Gasteiger partial charge is 0.462 e. The van der Waals surface area contributed by atoms with Crippen LogP contribution in [0.5, 0.6) is 0 Å². The Balaban J connectivity index is 0.000000298. The van der Waals surface area contributed by atoms with Gasteiger partial charge in [0.15, 0.2) is 0 Å². The third-order valence-corrected chi connectivity index (χ3v) is 5.49. The molecule has 144 valence electrons. The monoisotopic (exact) mass is 376 g/mol. The highest BCUT2D eigenvalue weighted by Gasteiger charge is 2.17. The van der Waals surface area contributed by atoms with E-state index in [1.54, 1.807) is 0 Å². The maximum absolute atomic E-state index is 9.60. The standard InChI is InChI=1S/C16H22N2S.C5H10O2/c17-16-2-1-14(12-3-7-18-8-4-12)11-15(16)13-5-9-19-10-6-13;1-5(2,3)7-4-6/h1-2,5,11-12,18H,3-4,6-10,17H2;4H,1-3H3. The Morgan fingerprint density at radius 3 is 2.54 bits per heavy atom. The second-order valence-corrected chi connectivity index (χ2v) is 8.90. The quantitative estimate of drug-likeness (QED) is 0.611. The fourth-order valence-electron chi connectivity index (χ4n) is 3.18. The van der Waals surface area contributed by atoms with Crippen molar-refractivity contribution in [3.63, 3.8) is 0 Å². The van der Waals surface area contributed by atoms with E-state index in [2.05, 4.69) is 34.3 Å². The van der Waals surface area contributed by atoms with Crippen LogP contribution in [0, 0.1) is 0 Å². The van der Waals surface area contributed by atoms with E-state index >= 15 is 0 Å². The van der Waals surface area contributed by atoms with Crippen LogP contribution in [0.2, 0.25) is 0 Å². The van der Waals surface area contributed by atoms with Crippen LogP contribution in [-0.4, -0.2) is 36.7 Å². The second-order valence-electron chi connectivity index (χ2n) is 7.75. The number of allylic oxidation sites excluding steroid dienone is 1. The molecule has 1 saturated heterocycles. The molecule has 5 heteroatoms. The van der Waals surface area contributed by atoms with E-state index in [-0.39, 0.29) is 5.60 Å². The van der Waals surface area contributed by atoms with Crippen molar-refractivity contribution in [3.05, 3.63) is 35.4 Å². The van der Waals surface area contributed by atoms with Crippen molar-refractivity contribution in [2.45, 2.75) is 51.6 Å². The van der Waals surface area contributed by atoms with E-state index in [9.17, 15) is 4.79 Å². The Bertz CT molecular complexity index is 617. The zero-order valence-electron chi connectivity index (χ0n) is 16.2. The number of rotatable bonds is 3. The molecule has 0 atom stereocenters. The van der Waals surface area contributed by atoms with Gasteiger partial charge in [-0.25, -0.2) is 0 Å². The average molecular weight is 377 g/mol. The molecule has 0 amide bonds. The van der Waals surface area contributed by atoms with Crippen LogP contribution < -0.4 is 11.1 Å². The summed E-state index contributed by atoms with van der Waals surface area (Å²) in [6, 6.07) is 6.69. The molecular formula is C21H32N2O2S. The summed E-state index contributed by atoms with van der Waals surface area (Å²) in [7, 11) is 0. The molecule has 0 radical (unpaired) electrons. The number of nitrogens with two attached hydrogens (primary N) is 1. The normalized spacial score (nSPS) is 18.3. The van der Waals surface area contributed by atoms with Crippen molar-refractivity contribution in [2.24, 2.45) is 0 Å². The Morgan fingerprint density at radius 1 is 1.27 bits per heavy atom. The van der Waals surface area contributed by atoms with E-state index in [4.69, 9.17) is 5.73 Å². The minimum absolute atomic E-state index is 0.318. The smallest absolute Gasteiger partial charge is 0.293 e. The predicted molar refractivity (Wildman–Crippen MR) is 113 cm³/mol. The van der Waals surface area contributed by atoms with Crippen LogP contribution in [0.1, 0.15) is 57.1 Å². The molecule has 0 spiro atoms. The molecule has 4 nitrogen and oxygen atoms in total. The van der Waals surface area contributed by atoms with Gasteiger partial charge in [-0.3, -0.25) is 4.79 Å². The molecule has 26 heavy (non-hydrogen) atoms. The summed E-state index contributed by atoms with van der Waals surface area (Å²) in [6.45, 7) is 8.21. The number of benzene rings is 1. The van der Waals surface area contributed by atoms with Gasteiger partial charge in [-0.2, -0.15) is 11.8 Å². The van der Waals surface area contributed by atoms with E-state index in [1.807, 2.05) is 32.5 Å². The van der Waals surface area contributed by atoms with Crippen LogP contribution in [0.15, 0.2) is 24.3 Å². The van der Waals surface area contributed by atoms with Gasteiger partial charge in [-0.1, -0.05) is 12.1 Å². The summed E-state index contributed by atoms with van der Waals surface area (Å²) in [5.41, 5.74) is 11.0. The first-order valence-electron chi connectivity index (χ1n) is 9.39. The van der Waals surface area contributed by atoms with Crippen molar-refractivity contribution in [1.29, 1.82) is 0 Å². The van der Waals surface area contributed by atoms with Crippen LogP contribution in [-0.2, 0) is 9.53 Å². The highest BCUT2D eigenvalue weighted by molar-refractivity contribution is 7.99. The van der Waals surface area contributed by atoms with Crippen molar-refractivity contribution < 1.29 is 9.53 Å². The van der Waals surface area contributed by atoms with Gasteiger partial charge in [0.05, 0.1) is 0 Å². The molecule has 1 fully saturated rings. The molecular weight excluding hydrogens is 344 g/mol. The zero-order valence-corrected chi connectivity index (χ0v) is 17.0. The number of hydrogen-bond donors (Lipinski definition) is 2. The molecule has 2 aliphatic heterocycles. The zero-order chi connectivity index (χ0) is 19.0. The number of hydrogen-bond acceptors (Lipinski definition) is 5. The van der Waals surface area contributed by atoms with Gasteiger partial charge in [0, 0.05) is 17.0 Å². The summed E-state index contributed by atoms with van der Waals surface area (Å²) in [5, 5.41) is 3.44. The van der Waals surface area contributed by atoms with Crippen LogP contribution >= 0.6 is 11.8 Å². The van der Waals surface area contributed by atoms with Crippen molar-refractivity contribution >= 4 is 29.5 Å². The lowest BCUT2D eigenvalue weighted by atomic mass is 9.87. The first kappa shape index (κ1) is 20.8. The second kappa shape index (κ2) is 10.0. The summed E-state index contributed by atoms with van der Waals surface area (Å²) in [6.07, 6.45) is 6.01. The van der Waals surface area contributed by atoms with E-state index in [0.717, 1.165) is 31.0 Å². The SMILES string of the molecule is CC(C)(C)OC=O.Nc1ccc(C2CCNCC2)cc1C1=CCSCC1. The molecule has 0 unspecified atom stereocenters. The Kier molecular flexibility index (Phi) is 8.04. The number of anilines is 1. The van der Waals surface area contributed by atoms with Gasteiger partial charge in [0.1, 0.15) is 5.60 Å². The molecule has 3 N–H and O–H groups in total. The van der Waals surface area contributed by atoms with Crippen molar-refractivity contribution in [1.82, 2.24) is 5.32 Å². The molecule has 1 aromatic carbocycles. The van der Waals surface area contributed by atoms with E-state index < -0.39 is 0 Å². The van der Waals surface area contributed by atoms with Gasteiger partial charge >= 0.3 is 0 Å². The summed E-state index contributed by atoms with van der Waals surface area (Å²) >= 11 is 2.01. The molecule has 0 bridgehead atoms. The summed E-state index contributed by atoms with van der Waals surface area (Å²) < 4.78 is 4.55. The molecule has 0 saturated carbocycles. The summed E-state index contributed by atoms with van der Waals surface area (Å²) in [4.78, 5) is 9.60. The first-order valence-corrected chi connectivity index (χ1v) is 10.5. The fraction of sp³-hybridized carbons (Fsp3) is 0.571. The lowest BCUT2D eigenvalue weighted by molar-refractivity contribution is -0.138. The molecule has 2 heterocycles. The number of carbonyl (C=O) groups is 1. The summed E-state index contributed by atoms with van der Waals surface area (Å²) in [5.74, 6) is 3.06. The molecule has 3 rings (SSSR count). The number of piperidine rings is 1. The van der Waals surface area contributed by atoms with Gasteiger partial charge in [-0.05, 0) is 88.1 Å². The van der Waals surface area contributed by atoms with Crippen molar-refractivity contribution in [2.75, 3.05) is 30.3 Å². The van der Waals surface area contributed by atoms with Crippen LogP contribution in [0.4, 0.5) is 5.69 Å². The average Bonchev–Trinajstić information content (AvgIpc) is 2.63. The predicted octanol–water partition coefficient (Wildman–Crippen LogP) is 4.21. The van der Waals surface area contributed by atoms with Gasteiger partial charge in [-0.15, -0.1) is 0 Å². The lowest BCUT2D eigenvalue weighted by Gasteiger charge is -2.24. The highest BCUT2D eigenvalue weighted by Crippen LogP contribution is 2.33. The molecule has 0 aliphatic carbocycles. The van der Waals surface area contributed by atoms with Gasteiger partial charge in [0.25, 0.3) is 6.47 Å². The molecule has 0 aromatic heterocycles. The topological polar surface area (TPSA) is 64.3 Å². The first-order chi connectivity index (χ1) is 12.4. The maximum atomic E-state index is 9.60. The third-order valence-electron chi connectivity index (χ3n) is 4.60. The van der Waals surface area contributed by atoms with Crippen molar-refractivity contribution in [3.8, 4) is 0 Å². The Labute approximate surface area is 161 Å². The van der Waals surface area contributed by atoms with Crippen LogP contribution in [0.3, 0.4) is 0 Å². The minimum Gasteiger partial charge on any atom is -0.462 e. The van der Waals surface area contributed by atoms with E-state index in [1.165, 1.54) is 35.3 Å². The molecule has 2 aliphatic rings. The molecule has 1 aromatic rings. The minimum atomic E-state index is -0.318. The highest BCUT2D eigenvalue weighted by atomic mass is 32.2. The van der Waals surface area contributed by atoms with Gasteiger partial charge in [0.2, 0.25) is 0 Å². The van der Waals surface area contributed by atoms with Crippen LogP contribution in [0.25, 0.3) is 5.57 Å². The lowest BCUT2D eigenvalue weighted by Crippen LogP contribution is -2.26. The number of nitrogen functional groups attached to an aromatic ring is 1. The number of nitrogens with one attached hydrogen (secondary N) is 1. The van der Waals surface area contributed by atoms with Gasteiger partial charge < -0.3 is 15.8 Å². The third kappa shape index (κ3) is 6.69. The fourth-order valence-corrected chi connectivity index (χ4v) is 4.03. The Hall–Kier alpha value is -1.46. The number of ether oxygens (including phenoxy) is 1. The number of carbonyl (C=O) groups excluding carboxylic acids is 1.